The van der Waals surface area contributed by atoms with Crippen molar-refractivity contribution in [1.29, 1.82) is 0 Å². The third kappa shape index (κ3) is 2.44. The molecule has 0 aromatic carbocycles. The smallest absolute Gasteiger partial charge is 0.131 e. The first-order valence-corrected chi connectivity index (χ1v) is 5.71. The molecule has 1 radical (unpaired) electrons. The quantitative estimate of drug-likeness (QED) is 0.806. The Morgan fingerprint density at radius 3 is 2.56 bits per heavy atom. The van der Waals surface area contributed by atoms with Crippen molar-refractivity contribution in [3.8, 4) is 0 Å². The van der Waals surface area contributed by atoms with Crippen LogP contribution in [-0.4, -0.2) is 42.1 Å². The number of rotatable bonds is 2. The third-order valence-corrected chi connectivity index (χ3v) is 3.02. The highest BCUT2D eigenvalue weighted by atomic mass is 15.3. The highest BCUT2D eigenvalue weighted by molar-refractivity contribution is 5.45. The Morgan fingerprint density at radius 2 is 2.00 bits per heavy atom. The zero-order valence-electron chi connectivity index (χ0n) is 9.76. The molecule has 0 bridgehead atoms. The van der Waals surface area contributed by atoms with Gasteiger partial charge in [0.1, 0.15) is 11.6 Å². The van der Waals surface area contributed by atoms with E-state index in [2.05, 4.69) is 28.6 Å². The van der Waals surface area contributed by atoms with Crippen LogP contribution in [0.3, 0.4) is 0 Å². The van der Waals surface area contributed by atoms with Crippen molar-refractivity contribution in [1.82, 2.24) is 9.88 Å². The Balaban J connectivity index is 1.99. The van der Waals surface area contributed by atoms with Crippen LogP contribution in [0.25, 0.3) is 0 Å². The van der Waals surface area contributed by atoms with Gasteiger partial charge in [-0.25, -0.2) is 4.98 Å². The number of nitrogens with zero attached hydrogens (tertiary/aromatic N) is 3. The van der Waals surface area contributed by atoms with Gasteiger partial charge in [-0.15, -0.1) is 0 Å². The summed E-state index contributed by atoms with van der Waals surface area (Å²) in [5.74, 6) is 1.57. The van der Waals surface area contributed by atoms with Gasteiger partial charge < -0.3 is 10.6 Å². The van der Waals surface area contributed by atoms with Crippen LogP contribution in [0.5, 0.6) is 0 Å². The lowest BCUT2D eigenvalue weighted by atomic mass is 10.2. The highest BCUT2D eigenvalue weighted by Crippen LogP contribution is 2.15. The maximum Gasteiger partial charge on any atom is 0.131 e. The van der Waals surface area contributed by atoms with E-state index in [-0.39, 0.29) is 0 Å². The number of nitrogen functional groups attached to an aromatic ring is 1. The molecule has 0 aliphatic carbocycles. The van der Waals surface area contributed by atoms with E-state index >= 15 is 0 Å². The second-order valence-corrected chi connectivity index (χ2v) is 4.29. The Morgan fingerprint density at radius 1 is 1.31 bits per heavy atom. The van der Waals surface area contributed by atoms with E-state index < -0.39 is 0 Å². The van der Waals surface area contributed by atoms with Gasteiger partial charge >= 0.3 is 0 Å². The zero-order valence-corrected chi connectivity index (χ0v) is 9.76. The number of hydrogen-bond donors (Lipinski definition) is 1. The number of piperazine rings is 1. The average molecular weight is 219 g/mol. The number of nitrogens with two attached hydrogens (primary N) is 1. The van der Waals surface area contributed by atoms with Crippen molar-refractivity contribution in [2.24, 2.45) is 0 Å². The van der Waals surface area contributed by atoms with Gasteiger partial charge in [0.2, 0.25) is 0 Å². The van der Waals surface area contributed by atoms with E-state index in [0.717, 1.165) is 32.0 Å². The van der Waals surface area contributed by atoms with Gasteiger partial charge in [0, 0.05) is 32.2 Å². The number of anilines is 2. The molecule has 1 saturated heterocycles. The standard InChI is InChI=1S/C12H19N4/c1-10(2)15-6-8-16(9-7-15)12-5-3-4-11(13)14-12/h3-5,10H,1,6-9H2,2H3,(H2,13,14). The molecule has 2 N–H and O–H groups in total. The molecule has 16 heavy (non-hydrogen) atoms. The van der Waals surface area contributed by atoms with Crippen LogP contribution in [-0.2, 0) is 0 Å². The largest absolute Gasteiger partial charge is 0.384 e. The van der Waals surface area contributed by atoms with E-state index in [4.69, 9.17) is 5.73 Å². The summed E-state index contributed by atoms with van der Waals surface area (Å²) in [7, 11) is 0. The van der Waals surface area contributed by atoms with Crippen molar-refractivity contribution < 1.29 is 0 Å². The van der Waals surface area contributed by atoms with Crippen LogP contribution < -0.4 is 10.6 Å². The minimum absolute atomic E-state index is 0.385. The van der Waals surface area contributed by atoms with Gasteiger partial charge in [-0.2, -0.15) is 0 Å². The first kappa shape index (κ1) is 11.2. The van der Waals surface area contributed by atoms with Crippen LogP contribution in [0.2, 0.25) is 0 Å². The van der Waals surface area contributed by atoms with Crippen LogP contribution >= 0.6 is 0 Å². The molecule has 1 aliphatic heterocycles. The lowest BCUT2D eigenvalue weighted by Gasteiger charge is -2.37. The van der Waals surface area contributed by atoms with Crippen molar-refractivity contribution in [2.75, 3.05) is 36.8 Å². The molecular weight excluding hydrogens is 200 g/mol. The Labute approximate surface area is 97.1 Å². The fraction of sp³-hybridized carbons (Fsp3) is 0.500. The van der Waals surface area contributed by atoms with Crippen LogP contribution in [0.15, 0.2) is 18.2 Å². The summed E-state index contributed by atoms with van der Waals surface area (Å²) in [4.78, 5) is 8.99. The normalized spacial score (nSPS) is 18.1. The van der Waals surface area contributed by atoms with Gasteiger partial charge in [0.25, 0.3) is 0 Å². The molecule has 0 saturated carbocycles. The summed E-state index contributed by atoms with van der Waals surface area (Å²) in [6.45, 7) is 10.3. The van der Waals surface area contributed by atoms with E-state index in [9.17, 15) is 0 Å². The molecule has 1 aromatic rings. The van der Waals surface area contributed by atoms with Crippen molar-refractivity contribution in [3.05, 3.63) is 25.1 Å². The van der Waals surface area contributed by atoms with Crippen LogP contribution in [0, 0.1) is 6.92 Å². The van der Waals surface area contributed by atoms with E-state index in [0.29, 0.717) is 11.9 Å². The minimum atomic E-state index is 0.385. The van der Waals surface area contributed by atoms with Gasteiger partial charge in [-0.3, -0.25) is 4.90 Å². The molecule has 1 aromatic heterocycles. The number of hydrogen-bond acceptors (Lipinski definition) is 4. The third-order valence-electron chi connectivity index (χ3n) is 3.02. The van der Waals surface area contributed by atoms with Gasteiger partial charge in [-0.1, -0.05) is 6.07 Å². The summed E-state index contributed by atoms with van der Waals surface area (Å²) >= 11 is 0. The Kier molecular flexibility index (Phi) is 3.29. The molecule has 0 spiro atoms. The monoisotopic (exact) mass is 219 g/mol. The Bertz CT molecular complexity index is 343. The fourth-order valence-electron chi connectivity index (χ4n) is 2.01. The molecule has 87 valence electrons. The molecule has 0 amide bonds. The van der Waals surface area contributed by atoms with E-state index in [1.54, 1.807) is 0 Å². The molecule has 4 nitrogen and oxygen atoms in total. The summed E-state index contributed by atoms with van der Waals surface area (Å²) in [6, 6.07) is 6.17. The maximum absolute atomic E-state index is 5.68. The van der Waals surface area contributed by atoms with Gasteiger partial charge in [-0.05, 0) is 26.0 Å². The molecule has 1 aliphatic rings. The number of pyridine rings is 1. The predicted octanol–water partition coefficient (Wildman–Crippen LogP) is 1.01. The lowest BCUT2D eigenvalue weighted by molar-refractivity contribution is 0.225. The van der Waals surface area contributed by atoms with E-state index in [1.165, 1.54) is 0 Å². The van der Waals surface area contributed by atoms with Gasteiger partial charge in [0.05, 0.1) is 0 Å². The molecule has 1 unspecified atom stereocenters. The summed E-state index contributed by atoms with van der Waals surface area (Å²) in [5.41, 5.74) is 5.68. The SMILES string of the molecule is [CH2]C(C)N1CCN(c2cccc(N)n2)CC1. The first-order valence-electron chi connectivity index (χ1n) is 5.71. The van der Waals surface area contributed by atoms with Crippen molar-refractivity contribution >= 4 is 11.6 Å². The summed E-state index contributed by atoms with van der Waals surface area (Å²) in [6.07, 6.45) is 0. The average Bonchev–Trinajstić information content (AvgIpc) is 2.29. The number of aromatic nitrogens is 1. The zero-order chi connectivity index (χ0) is 11.5. The van der Waals surface area contributed by atoms with Crippen molar-refractivity contribution in [3.63, 3.8) is 0 Å². The molecule has 1 atom stereocenters. The van der Waals surface area contributed by atoms with Crippen molar-refractivity contribution in [2.45, 2.75) is 13.0 Å². The van der Waals surface area contributed by atoms with Crippen LogP contribution in [0.1, 0.15) is 6.92 Å². The molecular formula is C12H19N4. The van der Waals surface area contributed by atoms with Crippen LogP contribution in [0.4, 0.5) is 11.6 Å². The summed E-state index contributed by atoms with van der Waals surface area (Å²) < 4.78 is 0. The highest BCUT2D eigenvalue weighted by Gasteiger charge is 2.19. The summed E-state index contributed by atoms with van der Waals surface area (Å²) in [5, 5.41) is 0. The Hall–Kier alpha value is -1.29. The maximum atomic E-state index is 5.68. The second-order valence-electron chi connectivity index (χ2n) is 4.29. The molecule has 2 heterocycles. The second kappa shape index (κ2) is 4.70. The lowest BCUT2D eigenvalue weighted by Crippen LogP contribution is -2.49. The molecule has 2 rings (SSSR count). The first-order chi connectivity index (χ1) is 7.66. The topological polar surface area (TPSA) is 45.4 Å². The predicted molar refractivity (Wildman–Crippen MR) is 67.3 cm³/mol. The van der Waals surface area contributed by atoms with E-state index in [1.807, 2.05) is 18.2 Å². The molecule has 1 fully saturated rings. The van der Waals surface area contributed by atoms with Gasteiger partial charge in [0.15, 0.2) is 0 Å². The fourth-order valence-corrected chi connectivity index (χ4v) is 2.01. The molecule has 4 heteroatoms. The minimum Gasteiger partial charge on any atom is -0.384 e.